The van der Waals surface area contributed by atoms with Crippen LogP contribution in [0.4, 0.5) is 11.5 Å². The molecule has 0 saturated heterocycles. The molecule has 2 aromatic heterocycles. The van der Waals surface area contributed by atoms with Crippen molar-refractivity contribution in [1.82, 2.24) is 9.97 Å². The van der Waals surface area contributed by atoms with E-state index in [2.05, 4.69) is 15.3 Å². The van der Waals surface area contributed by atoms with Crippen LogP contribution in [0.2, 0.25) is 5.02 Å². The predicted octanol–water partition coefficient (Wildman–Crippen LogP) is 5.42. The molecular formula is C23H16ClN3O3. The summed E-state index contributed by atoms with van der Waals surface area (Å²) in [5.74, 6) is 1.41. The summed E-state index contributed by atoms with van der Waals surface area (Å²) in [6.45, 7) is 1.71. The van der Waals surface area contributed by atoms with Crippen molar-refractivity contribution >= 4 is 23.1 Å². The van der Waals surface area contributed by atoms with Gasteiger partial charge in [-0.3, -0.25) is 0 Å². The van der Waals surface area contributed by atoms with Crippen LogP contribution in [0.1, 0.15) is 28.4 Å². The first-order chi connectivity index (χ1) is 14.6. The van der Waals surface area contributed by atoms with Crippen molar-refractivity contribution < 1.29 is 9.15 Å². The molecule has 7 heteroatoms. The van der Waals surface area contributed by atoms with Gasteiger partial charge in [-0.15, -0.1) is 0 Å². The van der Waals surface area contributed by atoms with Crippen molar-refractivity contribution in [2.24, 2.45) is 0 Å². The lowest BCUT2D eigenvalue weighted by Gasteiger charge is -2.28. The Labute approximate surface area is 177 Å². The molecule has 6 nitrogen and oxygen atoms in total. The Bertz CT molecular complexity index is 1290. The molecule has 1 N–H and O–H groups in total. The number of benzene rings is 2. The average molecular weight is 418 g/mol. The minimum Gasteiger partial charge on any atom is -0.438 e. The van der Waals surface area contributed by atoms with Gasteiger partial charge in [-0.25, -0.2) is 14.8 Å². The van der Waals surface area contributed by atoms with Crippen LogP contribution < -0.4 is 15.7 Å². The van der Waals surface area contributed by atoms with Gasteiger partial charge in [0.1, 0.15) is 23.7 Å². The van der Waals surface area contributed by atoms with Crippen molar-refractivity contribution in [2.75, 3.05) is 5.32 Å². The second kappa shape index (κ2) is 7.31. The molecule has 0 amide bonds. The van der Waals surface area contributed by atoms with Crippen molar-refractivity contribution in [3.63, 3.8) is 0 Å². The quantitative estimate of drug-likeness (QED) is 0.422. The van der Waals surface area contributed by atoms with E-state index in [1.165, 1.54) is 6.33 Å². The van der Waals surface area contributed by atoms with E-state index in [9.17, 15) is 4.79 Å². The van der Waals surface area contributed by atoms with E-state index >= 15 is 0 Å². The maximum absolute atomic E-state index is 12.9. The molecule has 3 heterocycles. The SMILES string of the molecule is Cc1cc2c(c(=O)o1)C(c1ccccc1)c1c(Nc3ccc(Cl)cc3)ncnc1O2. The lowest BCUT2D eigenvalue weighted by Crippen LogP contribution is -2.22. The summed E-state index contributed by atoms with van der Waals surface area (Å²) in [5.41, 5.74) is 2.36. The standard InChI is InChI=1S/C23H16ClN3O3/c1-13-11-17-19(23(28)29-13)18(14-5-3-2-4-6-14)20-21(25-12-26-22(20)30-17)27-16-9-7-15(24)8-10-16/h2-12,18H,1H3,(H,25,26,27). The number of aromatic nitrogens is 2. The van der Waals surface area contributed by atoms with Crippen LogP contribution in [0.15, 0.2) is 76.2 Å². The number of hydrogen-bond acceptors (Lipinski definition) is 6. The summed E-state index contributed by atoms with van der Waals surface area (Å²) >= 11 is 6.00. The van der Waals surface area contributed by atoms with E-state index < -0.39 is 11.5 Å². The number of fused-ring (bicyclic) bond motifs is 2. The van der Waals surface area contributed by atoms with Crippen molar-refractivity contribution in [1.29, 1.82) is 0 Å². The van der Waals surface area contributed by atoms with Gasteiger partial charge in [0.2, 0.25) is 5.88 Å². The summed E-state index contributed by atoms with van der Waals surface area (Å²) in [7, 11) is 0. The van der Waals surface area contributed by atoms with Gasteiger partial charge in [0.05, 0.1) is 17.0 Å². The van der Waals surface area contributed by atoms with E-state index in [1.807, 2.05) is 42.5 Å². The zero-order chi connectivity index (χ0) is 20.7. The van der Waals surface area contributed by atoms with Gasteiger partial charge in [0, 0.05) is 16.8 Å². The fourth-order valence-electron chi connectivity index (χ4n) is 3.66. The first kappa shape index (κ1) is 18.4. The number of halogens is 1. The molecule has 2 aromatic carbocycles. The molecule has 0 radical (unpaired) electrons. The number of nitrogens with one attached hydrogen (secondary N) is 1. The first-order valence-corrected chi connectivity index (χ1v) is 9.73. The third kappa shape index (κ3) is 3.21. The molecule has 1 atom stereocenters. The smallest absolute Gasteiger partial charge is 0.343 e. The molecule has 0 fully saturated rings. The van der Waals surface area contributed by atoms with Crippen LogP contribution >= 0.6 is 11.6 Å². The van der Waals surface area contributed by atoms with Crippen LogP contribution in [0, 0.1) is 6.92 Å². The van der Waals surface area contributed by atoms with Crippen molar-refractivity contribution in [2.45, 2.75) is 12.8 Å². The molecule has 0 bridgehead atoms. The number of anilines is 2. The molecule has 5 rings (SSSR count). The monoisotopic (exact) mass is 417 g/mol. The van der Waals surface area contributed by atoms with E-state index in [0.717, 1.165) is 11.3 Å². The highest BCUT2D eigenvalue weighted by molar-refractivity contribution is 6.30. The number of aryl methyl sites for hydroxylation is 1. The van der Waals surface area contributed by atoms with E-state index in [0.29, 0.717) is 39.4 Å². The molecule has 1 aliphatic heterocycles. The van der Waals surface area contributed by atoms with Gasteiger partial charge in [-0.1, -0.05) is 41.9 Å². The normalized spacial score (nSPS) is 14.4. The Morgan fingerprint density at radius 3 is 2.53 bits per heavy atom. The molecule has 1 unspecified atom stereocenters. The molecule has 148 valence electrons. The third-order valence-corrected chi connectivity index (χ3v) is 5.20. The summed E-state index contributed by atoms with van der Waals surface area (Å²) in [4.78, 5) is 21.6. The highest BCUT2D eigenvalue weighted by Crippen LogP contribution is 2.47. The van der Waals surface area contributed by atoms with Crippen molar-refractivity contribution in [3.8, 4) is 11.6 Å². The largest absolute Gasteiger partial charge is 0.438 e. The fourth-order valence-corrected chi connectivity index (χ4v) is 3.78. The maximum atomic E-state index is 12.9. The highest BCUT2D eigenvalue weighted by atomic mass is 35.5. The fraction of sp³-hybridized carbons (Fsp3) is 0.0870. The lowest BCUT2D eigenvalue weighted by atomic mass is 9.84. The Morgan fingerprint density at radius 1 is 1.00 bits per heavy atom. The van der Waals surface area contributed by atoms with Gasteiger partial charge < -0.3 is 14.5 Å². The molecule has 30 heavy (non-hydrogen) atoms. The van der Waals surface area contributed by atoms with E-state index in [4.69, 9.17) is 20.8 Å². The maximum Gasteiger partial charge on any atom is 0.343 e. The topological polar surface area (TPSA) is 77.3 Å². The number of nitrogens with zero attached hydrogens (tertiary/aromatic N) is 2. The summed E-state index contributed by atoms with van der Waals surface area (Å²) < 4.78 is 11.4. The minimum absolute atomic E-state index is 0.396. The number of ether oxygens (including phenoxy) is 1. The second-order valence-corrected chi connectivity index (χ2v) is 7.38. The van der Waals surface area contributed by atoms with Crippen LogP contribution in [-0.4, -0.2) is 9.97 Å². The zero-order valence-corrected chi connectivity index (χ0v) is 16.7. The van der Waals surface area contributed by atoms with Crippen LogP contribution in [0.5, 0.6) is 11.6 Å². The second-order valence-electron chi connectivity index (χ2n) is 6.94. The number of rotatable bonds is 3. The zero-order valence-electron chi connectivity index (χ0n) is 15.9. The molecular weight excluding hydrogens is 402 g/mol. The Hall–Kier alpha value is -3.64. The van der Waals surface area contributed by atoms with Gasteiger partial charge in [0.25, 0.3) is 0 Å². The van der Waals surface area contributed by atoms with Gasteiger partial charge >= 0.3 is 5.63 Å². The third-order valence-electron chi connectivity index (χ3n) is 4.94. The Morgan fingerprint density at radius 2 is 1.77 bits per heavy atom. The molecule has 0 aliphatic carbocycles. The number of hydrogen-bond donors (Lipinski definition) is 1. The predicted molar refractivity (Wildman–Crippen MR) is 114 cm³/mol. The first-order valence-electron chi connectivity index (χ1n) is 9.35. The van der Waals surface area contributed by atoms with Crippen LogP contribution in [-0.2, 0) is 0 Å². The average Bonchev–Trinajstić information content (AvgIpc) is 2.74. The van der Waals surface area contributed by atoms with Gasteiger partial charge in [-0.2, -0.15) is 0 Å². The lowest BCUT2D eigenvalue weighted by molar-refractivity contribution is 0.399. The van der Waals surface area contributed by atoms with Crippen LogP contribution in [0.3, 0.4) is 0 Å². The molecule has 1 aliphatic rings. The molecule has 0 spiro atoms. The summed E-state index contributed by atoms with van der Waals surface area (Å²) in [5, 5.41) is 3.93. The Kier molecular flexibility index (Phi) is 4.48. The van der Waals surface area contributed by atoms with Crippen LogP contribution in [0.25, 0.3) is 0 Å². The summed E-state index contributed by atoms with van der Waals surface area (Å²) in [6, 6.07) is 18.7. The Balaban J connectivity index is 1.72. The molecule has 0 saturated carbocycles. The summed E-state index contributed by atoms with van der Waals surface area (Å²) in [6.07, 6.45) is 1.43. The molecule has 4 aromatic rings. The van der Waals surface area contributed by atoms with E-state index in [1.54, 1.807) is 25.1 Å². The van der Waals surface area contributed by atoms with Gasteiger partial charge in [0.15, 0.2) is 0 Å². The highest BCUT2D eigenvalue weighted by Gasteiger charge is 2.36. The minimum atomic E-state index is -0.446. The van der Waals surface area contributed by atoms with Crippen molar-refractivity contribution in [3.05, 3.63) is 105 Å². The van der Waals surface area contributed by atoms with E-state index in [-0.39, 0.29) is 0 Å². The van der Waals surface area contributed by atoms with Gasteiger partial charge in [-0.05, 0) is 36.8 Å².